The molecule has 0 heterocycles. The van der Waals surface area contributed by atoms with Gasteiger partial charge in [-0.1, -0.05) is 54.6 Å². The second-order valence-electron chi connectivity index (χ2n) is 7.59. The molecule has 1 saturated carbocycles. The number of amides is 1. The Labute approximate surface area is 153 Å². The fraction of sp³-hybridized carbons (Fsp3) is 0.364. The molecular weight excluding hydrogens is 326 g/mol. The van der Waals surface area contributed by atoms with Gasteiger partial charge in [-0.05, 0) is 42.9 Å². The Morgan fingerprint density at radius 2 is 1.81 bits per heavy atom. The van der Waals surface area contributed by atoms with Gasteiger partial charge in [-0.25, -0.2) is 0 Å². The van der Waals surface area contributed by atoms with Crippen LogP contribution >= 0.6 is 0 Å². The van der Waals surface area contributed by atoms with Crippen molar-refractivity contribution < 1.29 is 14.7 Å². The summed E-state index contributed by atoms with van der Waals surface area (Å²) in [5, 5.41) is 12.5. The lowest BCUT2D eigenvalue weighted by molar-refractivity contribution is -0.142. The van der Waals surface area contributed by atoms with Crippen LogP contribution in [0.5, 0.6) is 0 Å². The van der Waals surface area contributed by atoms with Crippen LogP contribution in [-0.4, -0.2) is 17.0 Å². The lowest BCUT2D eigenvalue weighted by atomic mass is 9.92. The monoisotopic (exact) mass is 349 g/mol. The van der Waals surface area contributed by atoms with E-state index in [9.17, 15) is 14.7 Å². The highest BCUT2D eigenvalue weighted by Crippen LogP contribution is 2.61. The van der Waals surface area contributed by atoms with Gasteiger partial charge in [0.15, 0.2) is 0 Å². The molecule has 1 amide bonds. The van der Waals surface area contributed by atoms with Crippen LogP contribution in [-0.2, 0) is 21.4 Å². The first-order chi connectivity index (χ1) is 12.5. The summed E-state index contributed by atoms with van der Waals surface area (Å²) in [6.45, 7) is 1.65. The van der Waals surface area contributed by atoms with Crippen LogP contribution in [0.2, 0.25) is 0 Å². The predicted octanol–water partition coefficient (Wildman–Crippen LogP) is 3.47. The molecule has 0 radical (unpaired) electrons. The summed E-state index contributed by atoms with van der Waals surface area (Å²) in [6.07, 6.45) is 2.89. The molecule has 4 nitrogen and oxygen atoms in total. The highest BCUT2D eigenvalue weighted by molar-refractivity contribution is 5.86. The van der Waals surface area contributed by atoms with Crippen molar-refractivity contribution in [2.24, 2.45) is 11.8 Å². The van der Waals surface area contributed by atoms with E-state index in [0.29, 0.717) is 0 Å². The first-order valence-corrected chi connectivity index (χ1v) is 9.19. The lowest BCUT2D eigenvalue weighted by Crippen LogP contribution is -2.37. The molecule has 1 spiro atoms. The predicted molar refractivity (Wildman–Crippen MR) is 98.7 cm³/mol. The molecule has 134 valence electrons. The van der Waals surface area contributed by atoms with Crippen LogP contribution in [0.25, 0.3) is 0 Å². The summed E-state index contributed by atoms with van der Waals surface area (Å²) >= 11 is 0. The van der Waals surface area contributed by atoms with Crippen molar-refractivity contribution in [1.82, 2.24) is 5.32 Å². The number of carbonyl (C=O) groups excluding carboxylic acids is 1. The third kappa shape index (κ3) is 2.70. The minimum Gasteiger partial charge on any atom is -0.481 e. The second-order valence-corrected chi connectivity index (χ2v) is 7.59. The summed E-state index contributed by atoms with van der Waals surface area (Å²) in [4.78, 5) is 24.5. The van der Waals surface area contributed by atoms with Crippen molar-refractivity contribution in [3.05, 3.63) is 71.3 Å². The molecule has 2 aromatic rings. The smallest absolute Gasteiger partial charge is 0.308 e. The standard InChI is InChI=1S/C22H23NO3/c1-14(21(25)26)19(16-8-3-2-4-9-16)23-20(24)18-13-22(18)12-11-15-7-5-6-10-17(15)22/h2-10,14,18-19H,11-13H2,1H3,(H,23,24)(H,25,26). The summed E-state index contributed by atoms with van der Waals surface area (Å²) in [6, 6.07) is 17.2. The molecule has 2 N–H and O–H groups in total. The minimum atomic E-state index is -0.907. The normalized spacial score (nSPS) is 25.3. The SMILES string of the molecule is CC(C(=O)O)C(NC(=O)C1CC12CCc1ccccc12)c1ccccc1. The summed E-state index contributed by atoms with van der Waals surface area (Å²) < 4.78 is 0. The van der Waals surface area contributed by atoms with Crippen molar-refractivity contribution in [2.75, 3.05) is 0 Å². The van der Waals surface area contributed by atoms with E-state index in [1.165, 1.54) is 11.1 Å². The molecule has 4 unspecified atom stereocenters. The van der Waals surface area contributed by atoms with Crippen LogP contribution in [0.4, 0.5) is 0 Å². The minimum absolute atomic E-state index is 0.0244. The molecule has 4 heteroatoms. The zero-order valence-corrected chi connectivity index (χ0v) is 14.8. The van der Waals surface area contributed by atoms with Crippen molar-refractivity contribution in [2.45, 2.75) is 37.6 Å². The van der Waals surface area contributed by atoms with Gasteiger partial charge >= 0.3 is 5.97 Å². The number of benzene rings is 2. The third-order valence-corrected chi connectivity index (χ3v) is 6.13. The van der Waals surface area contributed by atoms with Crippen LogP contribution in [0.3, 0.4) is 0 Å². The Morgan fingerprint density at radius 1 is 1.12 bits per heavy atom. The van der Waals surface area contributed by atoms with Gasteiger partial charge in [-0.15, -0.1) is 0 Å². The quantitative estimate of drug-likeness (QED) is 0.869. The lowest BCUT2D eigenvalue weighted by Gasteiger charge is -2.23. The van der Waals surface area contributed by atoms with Gasteiger partial charge in [-0.3, -0.25) is 9.59 Å². The number of hydrogen-bond donors (Lipinski definition) is 2. The van der Waals surface area contributed by atoms with E-state index in [-0.39, 0.29) is 17.2 Å². The summed E-state index contributed by atoms with van der Waals surface area (Å²) in [5.41, 5.74) is 3.45. The maximum absolute atomic E-state index is 13.0. The topological polar surface area (TPSA) is 66.4 Å². The number of hydrogen-bond acceptors (Lipinski definition) is 2. The largest absolute Gasteiger partial charge is 0.481 e. The molecule has 0 aliphatic heterocycles. The van der Waals surface area contributed by atoms with Crippen molar-refractivity contribution in [3.63, 3.8) is 0 Å². The number of carboxylic acid groups (broad SMARTS) is 1. The average Bonchev–Trinajstić information content (AvgIpc) is 3.29. The second kappa shape index (κ2) is 6.27. The number of aliphatic carboxylic acids is 1. The van der Waals surface area contributed by atoms with E-state index in [4.69, 9.17) is 0 Å². The highest BCUT2D eigenvalue weighted by atomic mass is 16.4. The van der Waals surface area contributed by atoms with Gasteiger partial charge in [0, 0.05) is 11.3 Å². The average molecular weight is 349 g/mol. The molecule has 2 aliphatic carbocycles. The van der Waals surface area contributed by atoms with Crippen molar-refractivity contribution in [3.8, 4) is 0 Å². The number of rotatable bonds is 5. The molecule has 4 rings (SSSR count). The van der Waals surface area contributed by atoms with Crippen molar-refractivity contribution in [1.29, 1.82) is 0 Å². The van der Waals surface area contributed by atoms with E-state index in [0.717, 1.165) is 24.8 Å². The van der Waals surface area contributed by atoms with Crippen LogP contribution < -0.4 is 5.32 Å². The van der Waals surface area contributed by atoms with Gasteiger partial charge < -0.3 is 10.4 Å². The number of aryl methyl sites for hydroxylation is 1. The maximum atomic E-state index is 13.0. The van der Waals surface area contributed by atoms with E-state index >= 15 is 0 Å². The Bertz CT molecular complexity index is 847. The molecule has 0 saturated heterocycles. The van der Waals surface area contributed by atoms with E-state index in [2.05, 4.69) is 23.5 Å². The molecule has 0 aromatic heterocycles. The Morgan fingerprint density at radius 3 is 2.54 bits per heavy atom. The van der Waals surface area contributed by atoms with Gasteiger partial charge in [0.25, 0.3) is 0 Å². The summed E-state index contributed by atoms with van der Waals surface area (Å²) in [5.74, 6) is -1.68. The zero-order valence-electron chi connectivity index (χ0n) is 14.8. The van der Waals surface area contributed by atoms with Gasteiger partial charge in [0.1, 0.15) is 0 Å². The zero-order chi connectivity index (χ0) is 18.3. The number of carbonyl (C=O) groups is 2. The fourth-order valence-electron chi connectivity index (χ4n) is 4.49. The third-order valence-electron chi connectivity index (χ3n) is 6.13. The first-order valence-electron chi connectivity index (χ1n) is 9.19. The van der Waals surface area contributed by atoms with E-state index in [1.54, 1.807) is 6.92 Å². The number of fused-ring (bicyclic) bond motifs is 2. The van der Waals surface area contributed by atoms with E-state index in [1.807, 2.05) is 36.4 Å². The first kappa shape index (κ1) is 16.8. The summed E-state index contributed by atoms with van der Waals surface area (Å²) in [7, 11) is 0. The van der Waals surface area contributed by atoms with Crippen LogP contribution in [0.15, 0.2) is 54.6 Å². The van der Waals surface area contributed by atoms with Gasteiger partial charge in [-0.2, -0.15) is 0 Å². The molecule has 2 aromatic carbocycles. The Hall–Kier alpha value is -2.62. The molecular formula is C22H23NO3. The van der Waals surface area contributed by atoms with Gasteiger partial charge in [0.05, 0.1) is 12.0 Å². The molecule has 4 atom stereocenters. The van der Waals surface area contributed by atoms with Crippen LogP contribution in [0, 0.1) is 11.8 Å². The van der Waals surface area contributed by atoms with E-state index < -0.39 is 17.9 Å². The maximum Gasteiger partial charge on any atom is 0.308 e. The Kier molecular flexibility index (Phi) is 4.06. The number of nitrogens with one attached hydrogen (secondary N) is 1. The molecule has 26 heavy (non-hydrogen) atoms. The fourth-order valence-corrected chi connectivity index (χ4v) is 4.49. The van der Waals surface area contributed by atoms with Crippen molar-refractivity contribution >= 4 is 11.9 Å². The molecule has 0 bridgehead atoms. The van der Waals surface area contributed by atoms with Gasteiger partial charge in [0.2, 0.25) is 5.91 Å². The number of carboxylic acids is 1. The Balaban J connectivity index is 1.55. The molecule has 1 fully saturated rings. The van der Waals surface area contributed by atoms with Crippen LogP contribution in [0.1, 0.15) is 42.5 Å². The molecule has 2 aliphatic rings. The highest BCUT2D eigenvalue weighted by Gasteiger charge is 2.61.